The van der Waals surface area contributed by atoms with E-state index in [1.807, 2.05) is 0 Å². The Hall–Kier alpha value is -5.51. The van der Waals surface area contributed by atoms with Gasteiger partial charge in [0.1, 0.15) is 17.2 Å². The van der Waals surface area contributed by atoms with Crippen LogP contribution >= 0.6 is 0 Å². The molecule has 2 aromatic carbocycles. The summed E-state index contributed by atoms with van der Waals surface area (Å²) in [5, 5.41) is 0. The van der Waals surface area contributed by atoms with Crippen LogP contribution in [0.2, 0.25) is 0 Å². The largest absolute Gasteiger partial charge is 0.423 e. The molecule has 10 heteroatoms. The van der Waals surface area contributed by atoms with Gasteiger partial charge in [-0.15, -0.1) is 0 Å². The van der Waals surface area contributed by atoms with Crippen LogP contribution in [0.1, 0.15) is 40.2 Å². The van der Waals surface area contributed by atoms with Crippen LogP contribution in [0.4, 0.5) is 0 Å². The van der Waals surface area contributed by atoms with Crippen LogP contribution in [0.25, 0.3) is 5.57 Å². The average molecular weight is 575 g/mol. The highest BCUT2D eigenvalue weighted by Crippen LogP contribution is 2.33. The van der Waals surface area contributed by atoms with Gasteiger partial charge >= 0.3 is 29.8 Å². The molecule has 2 aromatic rings. The van der Waals surface area contributed by atoms with Gasteiger partial charge in [-0.1, -0.05) is 26.3 Å². The Morgan fingerprint density at radius 2 is 0.952 bits per heavy atom. The van der Waals surface area contributed by atoms with Gasteiger partial charge in [-0.25, -0.2) is 24.0 Å². The molecule has 0 bridgehead atoms. The first kappa shape index (κ1) is 32.7. The number of hydrogen-bond donors (Lipinski definition) is 0. The molecule has 0 saturated heterocycles. The summed E-state index contributed by atoms with van der Waals surface area (Å²) in [6.45, 7) is 21.5. The van der Waals surface area contributed by atoms with E-state index in [1.54, 1.807) is 6.92 Å². The first-order valence-electron chi connectivity index (χ1n) is 12.3. The summed E-state index contributed by atoms with van der Waals surface area (Å²) in [6.07, 6.45) is 1.11. The predicted octanol–water partition coefficient (Wildman–Crippen LogP) is 5.62. The van der Waals surface area contributed by atoms with E-state index in [4.69, 9.17) is 23.7 Å². The molecule has 0 saturated carbocycles. The summed E-state index contributed by atoms with van der Waals surface area (Å²) in [4.78, 5) is 61.1. The van der Waals surface area contributed by atoms with Crippen molar-refractivity contribution in [2.24, 2.45) is 0 Å². The molecule has 218 valence electrons. The van der Waals surface area contributed by atoms with E-state index in [0.29, 0.717) is 11.1 Å². The molecule has 0 fully saturated rings. The fourth-order valence-electron chi connectivity index (χ4n) is 2.80. The minimum atomic E-state index is -0.878. The highest BCUT2D eigenvalue weighted by Gasteiger charge is 2.18. The molecule has 10 nitrogen and oxygen atoms in total. The quantitative estimate of drug-likeness (QED) is 0.189. The fourth-order valence-corrected chi connectivity index (χ4v) is 2.80. The van der Waals surface area contributed by atoms with Gasteiger partial charge in [-0.2, -0.15) is 0 Å². The maximum absolute atomic E-state index is 12.9. The van der Waals surface area contributed by atoms with Crippen LogP contribution in [0.5, 0.6) is 28.7 Å². The lowest BCUT2D eigenvalue weighted by Crippen LogP contribution is -2.13. The molecule has 0 aliphatic rings. The summed E-state index contributed by atoms with van der Waals surface area (Å²) < 4.78 is 26.4. The zero-order valence-corrected chi connectivity index (χ0v) is 24.0. The Morgan fingerprint density at radius 3 is 1.40 bits per heavy atom. The molecule has 0 amide bonds. The second-order valence-corrected chi connectivity index (χ2v) is 9.23. The van der Waals surface area contributed by atoms with Crippen molar-refractivity contribution < 1.29 is 47.7 Å². The fraction of sp³-hybridized carbons (Fsp3) is 0.156. The zero-order valence-electron chi connectivity index (χ0n) is 24.0. The third-order valence-corrected chi connectivity index (χ3v) is 5.02. The van der Waals surface area contributed by atoms with E-state index in [-0.39, 0.29) is 51.0 Å². The standard InChI is InChI=1S/C32H30O10/c1-17(2)29(34)38-23-10-11-26(27(16-23)42-32(37)20(7)8)41-28(33)12-21(9)22-13-24(39-30(35)18(3)4)15-25(14-22)40-31(36)19(5)6/h10-16H,1,3,5,7H2,2,4,6,8-9H3. The van der Waals surface area contributed by atoms with Crippen molar-refractivity contribution in [1.82, 2.24) is 0 Å². The van der Waals surface area contributed by atoms with Gasteiger partial charge in [0.15, 0.2) is 11.5 Å². The van der Waals surface area contributed by atoms with Crippen LogP contribution < -0.4 is 23.7 Å². The third kappa shape index (κ3) is 9.60. The van der Waals surface area contributed by atoms with Crippen molar-refractivity contribution in [2.45, 2.75) is 34.6 Å². The van der Waals surface area contributed by atoms with Crippen molar-refractivity contribution in [3.8, 4) is 28.7 Å². The number of carbonyl (C=O) groups is 5. The molecule has 0 unspecified atom stereocenters. The average Bonchev–Trinajstić information content (AvgIpc) is 2.89. The number of ether oxygens (including phenoxy) is 5. The van der Waals surface area contributed by atoms with Gasteiger partial charge in [-0.3, -0.25) is 0 Å². The van der Waals surface area contributed by atoms with Gasteiger partial charge in [0.2, 0.25) is 0 Å². The Labute approximate surface area is 243 Å². The Morgan fingerprint density at radius 1 is 0.524 bits per heavy atom. The normalized spacial score (nSPS) is 10.5. The first-order chi connectivity index (χ1) is 19.6. The highest BCUT2D eigenvalue weighted by molar-refractivity contribution is 5.94. The van der Waals surface area contributed by atoms with Crippen LogP contribution in [0.15, 0.2) is 91.1 Å². The lowest BCUT2D eigenvalue weighted by molar-refractivity contribution is -0.132. The van der Waals surface area contributed by atoms with Gasteiger partial charge < -0.3 is 23.7 Å². The molecule has 0 spiro atoms. The molecule has 0 aliphatic carbocycles. The van der Waals surface area contributed by atoms with Gasteiger partial charge in [0.25, 0.3) is 0 Å². The summed E-state index contributed by atoms with van der Waals surface area (Å²) in [5.74, 6) is -4.11. The summed E-state index contributed by atoms with van der Waals surface area (Å²) in [6, 6.07) is 8.02. The van der Waals surface area contributed by atoms with Crippen molar-refractivity contribution >= 4 is 35.4 Å². The molecule has 0 aliphatic heterocycles. The Kier molecular flexibility index (Phi) is 11.1. The lowest BCUT2D eigenvalue weighted by atomic mass is 10.1. The number of carbonyl (C=O) groups excluding carboxylic acids is 5. The predicted molar refractivity (Wildman–Crippen MR) is 154 cm³/mol. The number of hydrogen-bond acceptors (Lipinski definition) is 10. The second kappa shape index (κ2) is 14.2. The van der Waals surface area contributed by atoms with Crippen LogP contribution in [-0.2, 0) is 24.0 Å². The van der Waals surface area contributed by atoms with Crippen molar-refractivity contribution in [1.29, 1.82) is 0 Å². The van der Waals surface area contributed by atoms with Crippen molar-refractivity contribution in [3.05, 3.63) is 96.6 Å². The van der Waals surface area contributed by atoms with Crippen LogP contribution in [-0.4, -0.2) is 29.8 Å². The number of rotatable bonds is 11. The summed E-state index contributed by atoms with van der Waals surface area (Å²) in [5.41, 5.74) is 1.17. The molecule has 42 heavy (non-hydrogen) atoms. The lowest BCUT2D eigenvalue weighted by Gasteiger charge is -2.13. The Bertz CT molecular complexity index is 1510. The van der Waals surface area contributed by atoms with Gasteiger partial charge in [0, 0.05) is 40.5 Å². The summed E-state index contributed by atoms with van der Waals surface area (Å²) in [7, 11) is 0. The van der Waals surface area contributed by atoms with E-state index in [1.165, 1.54) is 64.1 Å². The van der Waals surface area contributed by atoms with Crippen molar-refractivity contribution in [2.75, 3.05) is 0 Å². The van der Waals surface area contributed by atoms with E-state index in [9.17, 15) is 24.0 Å². The molecule has 0 radical (unpaired) electrons. The van der Waals surface area contributed by atoms with Crippen molar-refractivity contribution in [3.63, 3.8) is 0 Å². The smallest absolute Gasteiger partial charge is 0.338 e. The molecule has 0 heterocycles. The SMILES string of the molecule is C=C(C)C(=O)Oc1cc(OC(=O)C(=C)C)cc(C(C)=CC(=O)Oc2ccc(OC(=O)C(=C)C)cc2OC(=O)C(=C)C)c1. The molecule has 2 rings (SSSR count). The molecule has 0 aromatic heterocycles. The molecule has 0 atom stereocenters. The maximum atomic E-state index is 12.9. The van der Waals surface area contributed by atoms with Crippen LogP contribution in [0.3, 0.4) is 0 Å². The number of benzene rings is 2. The first-order valence-corrected chi connectivity index (χ1v) is 12.3. The minimum Gasteiger partial charge on any atom is -0.423 e. The van der Waals surface area contributed by atoms with E-state index in [0.717, 1.165) is 6.08 Å². The van der Waals surface area contributed by atoms with Crippen LogP contribution in [0, 0.1) is 0 Å². The van der Waals surface area contributed by atoms with E-state index in [2.05, 4.69) is 26.3 Å². The highest BCUT2D eigenvalue weighted by atomic mass is 16.6. The maximum Gasteiger partial charge on any atom is 0.338 e. The Balaban J connectivity index is 2.43. The monoisotopic (exact) mass is 574 g/mol. The number of allylic oxidation sites excluding steroid dienone is 1. The molecular formula is C32H30O10. The van der Waals surface area contributed by atoms with E-state index >= 15 is 0 Å². The zero-order chi connectivity index (χ0) is 31.7. The van der Waals surface area contributed by atoms with Gasteiger partial charge in [0.05, 0.1) is 0 Å². The minimum absolute atomic E-state index is 0.0111. The third-order valence-electron chi connectivity index (χ3n) is 5.02. The topological polar surface area (TPSA) is 132 Å². The van der Waals surface area contributed by atoms with E-state index < -0.39 is 29.8 Å². The molecule has 0 N–H and O–H groups in total. The molecular weight excluding hydrogens is 544 g/mol. The number of esters is 5. The summed E-state index contributed by atoms with van der Waals surface area (Å²) >= 11 is 0. The second-order valence-electron chi connectivity index (χ2n) is 9.23. The van der Waals surface area contributed by atoms with Gasteiger partial charge in [-0.05, 0) is 70.0 Å².